The minimum atomic E-state index is -0.517. The van der Waals surface area contributed by atoms with Crippen LogP contribution in [0.2, 0.25) is 0 Å². The third kappa shape index (κ3) is 3.09. The van der Waals surface area contributed by atoms with E-state index >= 15 is 0 Å². The lowest BCUT2D eigenvalue weighted by Gasteiger charge is -2.41. The van der Waals surface area contributed by atoms with Crippen LogP contribution in [-0.4, -0.2) is 50.3 Å². The topological polar surface area (TPSA) is 73.1 Å². The molecule has 1 aliphatic heterocycles. The number of ether oxygens (including phenoxy) is 1. The molecule has 1 fully saturated rings. The lowest BCUT2D eigenvalue weighted by atomic mass is 9.93. The zero-order valence-electron chi connectivity index (χ0n) is 14.4. The smallest absolute Gasteiger partial charge is 0.254 e. The molecule has 7 nitrogen and oxygen atoms in total. The van der Waals surface area contributed by atoms with Crippen LogP contribution < -0.4 is 0 Å². The van der Waals surface area contributed by atoms with E-state index in [9.17, 15) is 4.79 Å². The summed E-state index contributed by atoms with van der Waals surface area (Å²) in [5, 5.41) is 4.06. The third-order valence-corrected chi connectivity index (χ3v) is 4.59. The Bertz CT molecular complexity index is 897. The van der Waals surface area contributed by atoms with Gasteiger partial charge in [0.05, 0.1) is 13.2 Å². The summed E-state index contributed by atoms with van der Waals surface area (Å²) in [4.78, 5) is 23.0. The summed E-state index contributed by atoms with van der Waals surface area (Å²) in [6, 6.07) is 13.5. The maximum Gasteiger partial charge on any atom is 0.254 e. The fraction of sp³-hybridized carbons (Fsp3) is 0.263. The molecule has 1 amide bonds. The second-order valence-electron chi connectivity index (χ2n) is 6.41. The average molecular weight is 349 g/mol. The molecule has 0 aliphatic carbocycles. The second kappa shape index (κ2) is 6.68. The van der Waals surface area contributed by atoms with Gasteiger partial charge in [-0.05, 0) is 24.6 Å². The van der Waals surface area contributed by atoms with Crippen molar-refractivity contribution in [2.75, 3.05) is 19.7 Å². The van der Waals surface area contributed by atoms with Crippen LogP contribution in [0.1, 0.15) is 22.8 Å². The van der Waals surface area contributed by atoms with Gasteiger partial charge in [-0.3, -0.25) is 4.79 Å². The Morgan fingerprint density at radius 3 is 2.85 bits per heavy atom. The molecule has 3 heterocycles. The van der Waals surface area contributed by atoms with Crippen LogP contribution in [0.4, 0.5) is 0 Å². The number of rotatable bonds is 3. The molecule has 2 aromatic heterocycles. The van der Waals surface area contributed by atoms with Gasteiger partial charge in [-0.2, -0.15) is 5.10 Å². The molecule has 1 saturated heterocycles. The number of carbonyl (C=O) groups excluding carboxylic acids is 1. The number of morpholine rings is 1. The highest BCUT2D eigenvalue weighted by atomic mass is 16.5. The van der Waals surface area contributed by atoms with Crippen LogP contribution in [0.3, 0.4) is 0 Å². The van der Waals surface area contributed by atoms with Crippen LogP contribution in [0.15, 0.2) is 61.3 Å². The standard InChI is InChI=1S/C19H19N5O2/c1-19(16-5-3-2-4-6-16)12-23(9-10-26-19)18(25)15-7-8-21-17(11-15)24-14-20-13-22-24/h2-8,11,13-14H,9-10,12H2,1H3. The molecule has 3 aromatic rings. The van der Waals surface area contributed by atoms with Crippen molar-refractivity contribution in [1.82, 2.24) is 24.6 Å². The van der Waals surface area contributed by atoms with E-state index in [-0.39, 0.29) is 5.91 Å². The Kier molecular flexibility index (Phi) is 4.22. The Labute approximate surface area is 151 Å². The first-order chi connectivity index (χ1) is 12.7. The summed E-state index contributed by atoms with van der Waals surface area (Å²) in [5.41, 5.74) is 1.12. The number of amides is 1. The van der Waals surface area contributed by atoms with Crippen LogP contribution in [0, 0.1) is 0 Å². The number of hydrogen-bond acceptors (Lipinski definition) is 5. The Morgan fingerprint density at radius 1 is 1.23 bits per heavy atom. The van der Waals surface area contributed by atoms with Gasteiger partial charge in [0.15, 0.2) is 5.82 Å². The normalized spacial score (nSPS) is 20.1. The number of nitrogens with zero attached hydrogens (tertiary/aromatic N) is 5. The van der Waals surface area contributed by atoms with Crippen molar-refractivity contribution in [2.45, 2.75) is 12.5 Å². The van der Waals surface area contributed by atoms with Crippen LogP contribution in [0.5, 0.6) is 0 Å². The van der Waals surface area contributed by atoms with Gasteiger partial charge in [0.25, 0.3) is 5.91 Å². The summed E-state index contributed by atoms with van der Waals surface area (Å²) in [7, 11) is 0. The molecule has 1 aliphatic rings. The Balaban J connectivity index is 1.58. The first-order valence-electron chi connectivity index (χ1n) is 8.45. The maximum absolute atomic E-state index is 13.0. The lowest BCUT2D eigenvalue weighted by Crippen LogP contribution is -2.50. The molecule has 0 spiro atoms. The van der Waals surface area contributed by atoms with E-state index in [0.717, 1.165) is 5.56 Å². The van der Waals surface area contributed by atoms with E-state index in [1.165, 1.54) is 11.0 Å². The number of benzene rings is 1. The first-order valence-corrected chi connectivity index (χ1v) is 8.45. The van der Waals surface area contributed by atoms with Crippen molar-refractivity contribution >= 4 is 5.91 Å². The van der Waals surface area contributed by atoms with Gasteiger partial charge in [-0.1, -0.05) is 30.3 Å². The molecule has 26 heavy (non-hydrogen) atoms. The van der Waals surface area contributed by atoms with Crippen molar-refractivity contribution < 1.29 is 9.53 Å². The predicted molar refractivity (Wildman–Crippen MR) is 94.8 cm³/mol. The maximum atomic E-state index is 13.0. The van der Waals surface area contributed by atoms with Gasteiger partial charge >= 0.3 is 0 Å². The van der Waals surface area contributed by atoms with Crippen molar-refractivity contribution in [2.24, 2.45) is 0 Å². The highest BCUT2D eigenvalue weighted by molar-refractivity contribution is 5.94. The van der Waals surface area contributed by atoms with Gasteiger partial charge in [-0.15, -0.1) is 0 Å². The molecule has 1 unspecified atom stereocenters. The highest BCUT2D eigenvalue weighted by Crippen LogP contribution is 2.30. The van der Waals surface area contributed by atoms with E-state index in [1.54, 1.807) is 24.7 Å². The Morgan fingerprint density at radius 2 is 2.08 bits per heavy atom. The van der Waals surface area contributed by atoms with E-state index in [4.69, 9.17) is 4.74 Å². The van der Waals surface area contributed by atoms with E-state index in [1.807, 2.05) is 42.2 Å². The quantitative estimate of drug-likeness (QED) is 0.724. The number of hydrogen-bond donors (Lipinski definition) is 0. The predicted octanol–water partition coefficient (Wildman–Crippen LogP) is 2.05. The van der Waals surface area contributed by atoms with E-state index in [2.05, 4.69) is 15.1 Å². The highest BCUT2D eigenvalue weighted by Gasteiger charge is 2.36. The first kappa shape index (κ1) is 16.4. The van der Waals surface area contributed by atoms with Crippen molar-refractivity contribution in [3.05, 3.63) is 72.4 Å². The van der Waals surface area contributed by atoms with Crippen LogP contribution in [-0.2, 0) is 10.3 Å². The van der Waals surface area contributed by atoms with Crippen LogP contribution >= 0.6 is 0 Å². The summed E-state index contributed by atoms with van der Waals surface area (Å²) in [5.74, 6) is 0.520. The van der Waals surface area contributed by atoms with Crippen molar-refractivity contribution in [3.8, 4) is 5.82 Å². The Hall–Kier alpha value is -3.06. The van der Waals surface area contributed by atoms with Gasteiger partial charge in [0, 0.05) is 18.3 Å². The van der Waals surface area contributed by atoms with Crippen molar-refractivity contribution in [3.63, 3.8) is 0 Å². The number of aromatic nitrogens is 4. The zero-order valence-corrected chi connectivity index (χ0v) is 14.4. The molecule has 1 aromatic carbocycles. The molecule has 0 radical (unpaired) electrons. The average Bonchev–Trinajstić information content (AvgIpc) is 3.23. The summed E-state index contributed by atoms with van der Waals surface area (Å²) >= 11 is 0. The molecule has 0 bridgehead atoms. The van der Waals surface area contributed by atoms with Gasteiger partial charge in [-0.25, -0.2) is 14.6 Å². The molecule has 4 rings (SSSR count). The number of carbonyl (C=O) groups is 1. The minimum Gasteiger partial charge on any atom is -0.367 e. The van der Waals surface area contributed by atoms with E-state index in [0.29, 0.717) is 31.1 Å². The van der Waals surface area contributed by atoms with Gasteiger partial charge < -0.3 is 9.64 Å². The fourth-order valence-electron chi connectivity index (χ4n) is 3.19. The lowest BCUT2D eigenvalue weighted by molar-refractivity contribution is -0.0930. The second-order valence-corrected chi connectivity index (χ2v) is 6.41. The molecule has 0 N–H and O–H groups in total. The summed E-state index contributed by atoms with van der Waals surface area (Å²) < 4.78 is 7.55. The molecule has 7 heteroatoms. The summed E-state index contributed by atoms with van der Waals surface area (Å²) in [6.45, 7) is 3.58. The fourth-order valence-corrected chi connectivity index (χ4v) is 3.19. The summed E-state index contributed by atoms with van der Waals surface area (Å²) in [6.07, 6.45) is 4.60. The molecule has 0 saturated carbocycles. The van der Waals surface area contributed by atoms with Crippen molar-refractivity contribution in [1.29, 1.82) is 0 Å². The SMILES string of the molecule is CC1(c2ccccc2)CN(C(=O)c2ccnc(-n3cncn3)c2)CCO1. The number of pyridine rings is 1. The third-order valence-electron chi connectivity index (χ3n) is 4.59. The molecule has 1 atom stereocenters. The van der Waals surface area contributed by atoms with Gasteiger partial charge in [0.2, 0.25) is 0 Å². The van der Waals surface area contributed by atoms with E-state index < -0.39 is 5.60 Å². The molecular weight excluding hydrogens is 330 g/mol. The largest absolute Gasteiger partial charge is 0.367 e. The zero-order chi connectivity index (χ0) is 18.0. The minimum absolute atomic E-state index is 0.0424. The molecule has 132 valence electrons. The molecular formula is C19H19N5O2. The monoisotopic (exact) mass is 349 g/mol. The van der Waals surface area contributed by atoms with Gasteiger partial charge in [0.1, 0.15) is 18.3 Å². The van der Waals surface area contributed by atoms with Crippen LogP contribution in [0.25, 0.3) is 5.82 Å².